The van der Waals surface area contributed by atoms with Crippen LogP contribution < -0.4 is 10.2 Å². The van der Waals surface area contributed by atoms with Gasteiger partial charge in [0.2, 0.25) is 5.91 Å². The number of nitrogens with zero attached hydrogens (tertiary/aromatic N) is 1. The zero-order valence-corrected chi connectivity index (χ0v) is 11.2. The largest absolute Gasteiger partial charge is 0.488 e. The molecule has 2 aliphatic heterocycles. The molecule has 3 rings (SSSR count). The number of benzene rings is 1. The van der Waals surface area contributed by atoms with E-state index in [-0.39, 0.29) is 5.91 Å². The van der Waals surface area contributed by atoms with Crippen molar-refractivity contribution >= 4 is 23.1 Å². The Kier molecular flexibility index (Phi) is 2.95. The van der Waals surface area contributed by atoms with Crippen LogP contribution in [-0.2, 0) is 4.79 Å². The second-order valence-corrected chi connectivity index (χ2v) is 4.98. The Labute approximate surface area is 116 Å². The summed E-state index contributed by atoms with van der Waals surface area (Å²) in [7, 11) is 0. The average Bonchev–Trinajstić information content (AvgIpc) is 2.37. The van der Waals surface area contributed by atoms with Crippen molar-refractivity contribution in [3.63, 3.8) is 0 Å². The molecule has 0 fully saturated rings. The number of hydrogen-bond acceptors (Lipinski definition) is 3. The molecule has 1 amide bonds. The van der Waals surface area contributed by atoms with Crippen LogP contribution >= 0.6 is 11.6 Å². The van der Waals surface area contributed by atoms with E-state index < -0.39 is 0 Å². The van der Waals surface area contributed by atoms with E-state index in [2.05, 4.69) is 5.43 Å². The predicted octanol–water partition coefficient (Wildman–Crippen LogP) is 2.37. The Hall–Kier alpha value is -1.94. The zero-order chi connectivity index (χ0) is 13.4. The molecule has 19 heavy (non-hydrogen) atoms. The maximum atomic E-state index is 11.1. The molecule has 1 aromatic rings. The highest BCUT2D eigenvalue weighted by Crippen LogP contribution is 2.37. The van der Waals surface area contributed by atoms with Crippen LogP contribution in [0.15, 0.2) is 36.0 Å². The van der Waals surface area contributed by atoms with E-state index in [1.807, 2.05) is 30.5 Å². The number of rotatable bonds is 1. The third-order valence-corrected chi connectivity index (χ3v) is 3.36. The van der Waals surface area contributed by atoms with E-state index in [0.29, 0.717) is 18.2 Å². The lowest BCUT2D eigenvalue weighted by Crippen LogP contribution is -2.40. The van der Waals surface area contributed by atoms with Gasteiger partial charge in [-0.25, -0.2) is 0 Å². The van der Waals surface area contributed by atoms with Crippen LogP contribution in [0, 0.1) is 0 Å². The Bertz CT molecular complexity index is 607. The van der Waals surface area contributed by atoms with Crippen molar-refractivity contribution in [1.29, 1.82) is 0 Å². The second-order valence-electron chi connectivity index (χ2n) is 4.54. The van der Waals surface area contributed by atoms with E-state index in [1.54, 1.807) is 5.01 Å². The minimum atomic E-state index is -0.0860. The minimum Gasteiger partial charge on any atom is -0.488 e. The molecular formula is C14H13ClN2O2. The molecule has 0 radical (unpaired) electrons. The summed E-state index contributed by atoms with van der Waals surface area (Å²) in [5, 5.41) is 2.43. The summed E-state index contributed by atoms with van der Waals surface area (Å²) in [5.74, 6) is 0.710. The van der Waals surface area contributed by atoms with Gasteiger partial charge in [0, 0.05) is 23.7 Å². The number of fused-ring (bicyclic) bond motifs is 2. The fourth-order valence-corrected chi connectivity index (χ4v) is 2.46. The standard InChI is InChI=1S/C14H13ClN2O2/c1-9(18)16-17-5-4-10-8-19-14-6-11(15)2-3-12(14)13(10)7-17/h2-6H,7-8H2,1H3,(H,16,18). The molecule has 0 bridgehead atoms. The molecule has 4 nitrogen and oxygen atoms in total. The van der Waals surface area contributed by atoms with Crippen molar-refractivity contribution in [2.75, 3.05) is 13.2 Å². The molecule has 1 N–H and O–H groups in total. The molecule has 98 valence electrons. The van der Waals surface area contributed by atoms with Gasteiger partial charge in [0.1, 0.15) is 12.4 Å². The number of amides is 1. The van der Waals surface area contributed by atoms with Gasteiger partial charge in [-0.15, -0.1) is 0 Å². The lowest BCUT2D eigenvalue weighted by molar-refractivity contribution is -0.122. The fourth-order valence-electron chi connectivity index (χ4n) is 2.30. The van der Waals surface area contributed by atoms with Crippen LogP contribution in [0.2, 0.25) is 5.02 Å². The number of carbonyl (C=O) groups excluding carboxylic acids is 1. The van der Waals surface area contributed by atoms with E-state index in [9.17, 15) is 4.79 Å². The Balaban J connectivity index is 1.94. The molecule has 0 aromatic heterocycles. The van der Waals surface area contributed by atoms with Gasteiger partial charge in [-0.2, -0.15) is 0 Å². The molecule has 0 spiro atoms. The Morgan fingerprint density at radius 2 is 2.32 bits per heavy atom. The van der Waals surface area contributed by atoms with Crippen LogP contribution in [0.3, 0.4) is 0 Å². The van der Waals surface area contributed by atoms with Gasteiger partial charge in [0.25, 0.3) is 0 Å². The summed E-state index contributed by atoms with van der Waals surface area (Å²) in [5.41, 5.74) is 6.09. The van der Waals surface area contributed by atoms with Gasteiger partial charge in [0.05, 0.1) is 6.54 Å². The molecule has 0 aliphatic carbocycles. The Morgan fingerprint density at radius 1 is 1.47 bits per heavy atom. The summed E-state index contributed by atoms with van der Waals surface area (Å²) in [6, 6.07) is 5.62. The number of ether oxygens (including phenoxy) is 1. The summed E-state index contributed by atoms with van der Waals surface area (Å²) >= 11 is 5.97. The molecule has 1 aromatic carbocycles. The lowest BCUT2D eigenvalue weighted by atomic mass is 9.95. The summed E-state index contributed by atoms with van der Waals surface area (Å²) in [4.78, 5) is 11.1. The van der Waals surface area contributed by atoms with Crippen molar-refractivity contribution < 1.29 is 9.53 Å². The van der Waals surface area contributed by atoms with Crippen LogP contribution in [0.1, 0.15) is 12.5 Å². The normalized spacial score (nSPS) is 16.6. The van der Waals surface area contributed by atoms with E-state index in [4.69, 9.17) is 16.3 Å². The number of hydrazine groups is 1. The van der Waals surface area contributed by atoms with Crippen LogP contribution in [0.4, 0.5) is 0 Å². The zero-order valence-electron chi connectivity index (χ0n) is 10.4. The van der Waals surface area contributed by atoms with Crippen molar-refractivity contribution in [2.24, 2.45) is 0 Å². The SMILES string of the molecule is CC(=O)NN1C=CC2=C(C1)c1ccc(Cl)cc1OC2. The van der Waals surface area contributed by atoms with E-state index in [0.717, 1.165) is 22.5 Å². The van der Waals surface area contributed by atoms with Crippen molar-refractivity contribution in [1.82, 2.24) is 10.4 Å². The molecule has 0 saturated heterocycles. The van der Waals surface area contributed by atoms with Crippen molar-refractivity contribution in [3.05, 3.63) is 46.6 Å². The lowest BCUT2D eigenvalue weighted by Gasteiger charge is -2.31. The van der Waals surface area contributed by atoms with Crippen LogP contribution in [-0.4, -0.2) is 24.1 Å². The van der Waals surface area contributed by atoms with Crippen LogP contribution in [0.5, 0.6) is 5.75 Å². The summed E-state index contributed by atoms with van der Waals surface area (Å²) in [6.07, 6.45) is 3.82. The number of halogens is 1. The molecule has 0 atom stereocenters. The first-order valence-electron chi connectivity index (χ1n) is 6.00. The quantitative estimate of drug-likeness (QED) is 0.856. The maximum Gasteiger partial charge on any atom is 0.235 e. The second kappa shape index (κ2) is 4.63. The summed E-state index contributed by atoms with van der Waals surface area (Å²) in [6.45, 7) is 2.66. The average molecular weight is 277 g/mol. The molecular weight excluding hydrogens is 264 g/mol. The molecule has 2 aliphatic rings. The van der Waals surface area contributed by atoms with Gasteiger partial charge < -0.3 is 4.74 Å². The number of nitrogens with one attached hydrogen (secondary N) is 1. The first kappa shape index (κ1) is 12.1. The van der Waals surface area contributed by atoms with E-state index >= 15 is 0 Å². The van der Waals surface area contributed by atoms with Gasteiger partial charge >= 0.3 is 0 Å². The monoisotopic (exact) mass is 276 g/mol. The van der Waals surface area contributed by atoms with Gasteiger partial charge in [0.15, 0.2) is 0 Å². The smallest absolute Gasteiger partial charge is 0.235 e. The number of hydrogen-bond donors (Lipinski definition) is 1. The topological polar surface area (TPSA) is 41.6 Å². The minimum absolute atomic E-state index is 0.0860. The van der Waals surface area contributed by atoms with Crippen molar-refractivity contribution in [2.45, 2.75) is 6.92 Å². The molecule has 0 unspecified atom stereocenters. The molecule has 5 heteroatoms. The molecule has 0 saturated carbocycles. The third kappa shape index (κ3) is 2.31. The van der Waals surface area contributed by atoms with E-state index in [1.165, 1.54) is 6.92 Å². The highest BCUT2D eigenvalue weighted by atomic mass is 35.5. The highest BCUT2D eigenvalue weighted by molar-refractivity contribution is 6.30. The highest BCUT2D eigenvalue weighted by Gasteiger charge is 2.23. The summed E-state index contributed by atoms with van der Waals surface area (Å²) < 4.78 is 5.69. The van der Waals surface area contributed by atoms with Crippen LogP contribution in [0.25, 0.3) is 5.57 Å². The van der Waals surface area contributed by atoms with Gasteiger partial charge in [-0.3, -0.25) is 15.2 Å². The first-order valence-corrected chi connectivity index (χ1v) is 6.38. The Morgan fingerprint density at radius 3 is 3.11 bits per heavy atom. The number of carbonyl (C=O) groups is 1. The van der Waals surface area contributed by atoms with Gasteiger partial charge in [-0.1, -0.05) is 11.6 Å². The predicted molar refractivity (Wildman–Crippen MR) is 73.5 cm³/mol. The first-order chi connectivity index (χ1) is 9.13. The maximum absolute atomic E-state index is 11.1. The molecule has 2 heterocycles. The van der Waals surface area contributed by atoms with Gasteiger partial charge in [-0.05, 0) is 35.4 Å². The van der Waals surface area contributed by atoms with Crippen molar-refractivity contribution in [3.8, 4) is 5.75 Å². The fraction of sp³-hybridized carbons (Fsp3) is 0.214. The third-order valence-electron chi connectivity index (χ3n) is 3.12.